The van der Waals surface area contributed by atoms with Crippen molar-refractivity contribution in [1.29, 1.82) is 0 Å². The maximum absolute atomic E-state index is 10.8. The SMILES string of the molecule is COC(=O)c1[c]cccc1.[Cl-].[Zn]. The number of hydrogen-bond acceptors (Lipinski definition) is 2. The molecular formula is C8H7ClO2Zn-. The second-order valence-corrected chi connectivity index (χ2v) is 1.77. The number of ether oxygens (including phenoxy) is 1. The number of halogens is 1. The standard InChI is InChI=1S/C8H7O2.ClH.Zn/c1-10-8(9)7-5-3-2-4-6-7;;/h2-5H,1H3;1H;/p-1. The van der Waals surface area contributed by atoms with Crippen molar-refractivity contribution >= 4 is 5.97 Å². The molecule has 2 nitrogen and oxygen atoms in total. The Balaban J connectivity index is 0. The monoisotopic (exact) mass is 234 g/mol. The van der Waals surface area contributed by atoms with Gasteiger partial charge in [0, 0.05) is 19.5 Å². The summed E-state index contributed by atoms with van der Waals surface area (Å²) in [6, 6.07) is 9.64. The molecule has 0 amide bonds. The van der Waals surface area contributed by atoms with Crippen LogP contribution in [0.4, 0.5) is 0 Å². The van der Waals surface area contributed by atoms with Crippen molar-refractivity contribution in [2.45, 2.75) is 0 Å². The molecule has 1 radical (unpaired) electrons. The summed E-state index contributed by atoms with van der Waals surface area (Å²) >= 11 is 0. The summed E-state index contributed by atoms with van der Waals surface area (Å²) in [5.41, 5.74) is 0.463. The van der Waals surface area contributed by atoms with Crippen LogP contribution in [0.1, 0.15) is 10.4 Å². The van der Waals surface area contributed by atoms with Crippen LogP contribution >= 0.6 is 0 Å². The smallest absolute Gasteiger partial charge is 0.338 e. The zero-order chi connectivity index (χ0) is 7.40. The Kier molecular flexibility index (Phi) is 8.56. The van der Waals surface area contributed by atoms with Crippen molar-refractivity contribution in [3.05, 3.63) is 35.9 Å². The molecule has 0 unspecified atom stereocenters. The van der Waals surface area contributed by atoms with Gasteiger partial charge in [0.1, 0.15) is 0 Å². The third-order valence-corrected chi connectivity index (χ3v) is 1.11. The van der Waals surface area contributed by atoms with E-state index in [4.69, 9.17) is 0 Å². The molecule has 0 atom stereocenters. The molecule has 1 aromatic rings. The summed E-state index contributed by atoms with van der Waals surface area (Å²) in [6.07, 6.45) is 0. The average Bonchev–Trinajstić information content (AvgIpc) is 2.05. The third-order valence-electron chi connectivity index (χ3n) is 1.11. The molecule has 1 aromatic carbocycles. The quantitative estimate of drug-likeness (QED) is 0.428. The minimum Gasteiger partial charge on any atom is -1.00 e. The Hall–Kier alpha value is -0.397. The summed E-state index contributed by atoms with van der Waals surface area (Å²) in [4.78, 5) is 10.8. The van der Waals surface area contributed by atoms with Crippen molar-refractivity contribution in [2.75, 3.05) is 7.11 Å². The molecule has 0 fully saturated rings. The van der Waals surface area contributed by atoms with Crippen molar-refractivity contribution in [3.63, 3.8) is 0 Å². The van der Waals surface area contributed by atoms with E-state index in [2.05, 4.69) is 10.8 Å². The maximum Gasteiger partial charge on any atom is 0.338 e. The van der Waals surface area contributed by atoms with Gasteiger partial charge in [-0.2, -0.15) is 0 Å². The molecule has 12 heavy (non-hydrogen) atoms. The molecule has 4 heteroatoms. The van der Waals surface area contributed by atoms with Crippen molar-refractivity contribution in [3.8, 4) is 0 Å². The first-order chi connectivity index (χ1) is 4.84. The van der Waals surface area contributed by atoms with Gasteiger partial charge < -0.3 is 17.1 Å². The third kappa shape index (κ3) is 3.84. The van der Waals surface area contributed by atoms with Gasteiger partial charge in [0.2, 0.25) is 0 Å². The normalized spacial score (nSPS) is 7.42. The van der Waals surface area contributed by atoms with Crippen LogP contribution in [0.5, 0.6) is 0 Å². The number of benzene rings is 1. The van der Waals surface area contributed by atoms with Crippen molar-refractivity contribution in [2.24, 2.45) is 0 Å². The Labute approximate surface area is 90.5 Å². The Bertz CT molecular complexity index is 226. The van der Waals surface area contributed by atoms with Crippen LogP contribution in [0.3, 0.4) is 0 Å². The van der Waals surface area contributed by atoms with Gasteiger partial charge in [-0.25, -0.2) is 4.79 Å². The number of methoxy groups -OCH3 is 1. The molecule has 61 valence electrons. The summed E-state index contributed by atoms with van der Waals surface area (Å²) in [5, 5.41) is 0. The Morgan fingerprint density at radius 3 is 2.58 bits per heavy atom. The molecule has 0 heterocycles. The second-order valence-electron chi connectivity index (χ2n) is 1.77. The Morgan fingerprint density at radius 2 is 2.17 bits per heavy atom. The van der Waals surface area contributed by atoms with Gasteiger partial charge in [0.05, 0.1) is 12.7 Å². The van der Waals surface area contributed by atoms with Gasteiger partial charge >= 0.3 is 5.97 Å². The van der Waals surface area contributed by atoms with E-state index < -0.39 is 0 Å². The van der Waals surface area contributed by atoms with Gasteiger partial charge in [-0.05, 0) is 12.1 Å². The average molecular weight is 236 g/mol. The molecule has 0 spiro atoms. The first-order valence-electron chi connectivity index (χ1n) is 2.89. The van der Waals surface area contributed by atoms with Crippen LogP contribution in [0.25, 0.3) is 0 Å². The number of carbonyl (C=O) groups is 1. The Morgan fingerprint density at radius 1 is 1.50 bits per heavy atom. The van der Waals surface area contributed by atoms with Crippen molar-refractivity contribution < 1.29 is 41.4 Å². The summed E-state index contributed by atoms with van der Waals surface area (Å²) in [5.74, 6) is -0.347. The fourth-order valence-corrected chi connectivity index (χ4v) is 0.630. The van der Waals surface area contributed by atoms with Gasteiger partial charge in [0.25, 0.3) is 0 Å². The van der Waals surface area contributed by atoms with Crippen LogP contribution in [0.2, 0.25) is 0 Å². The van der Waals surface area contributed by atoms with Gasteiger partial charge in [-0.1, -0.05) is 18.2 Å². The van der Waals surface area contributed by atoms with Crippen LogP contribution in [-0.4, -0.2) is 13.1 Å². The minimum absolute atomic E-state index is 0. The molecule has 0 aliphatic rings. The molecule has 0 bridgehead atoms. The van der Waals surface area contributed by atoms with E-state index in [1.54, 1.807) is 24.3 Å². The van der Waals surface area contributed by atoms with E-state index in [1.807, 2.05) is 0 Å². The van der Waals surface area contributed by atoms with E-state index in [1.165, 1.54) is 7.11 Å². The molecule has 0 aromatic heterocycles. The van der Waals surface area contributed by atoms with E-state index >= 15 is 0 Å². The van der Waals surface area contributed by atoms with Gasteiger partial charge in [-0.15, -0.1) is 0 Å². The largest absolute Gasteiger partial charge is 1.00 e. The molecule has 0 aliphatic heterocycles. The summed E-state index contributed by atoms with van der Waals surface area (Å²) < 4.78 is 4.47. The summed E-state index contributed by atoms with van der Waals surface area (Å²) in [7, 11) is 1.35. The topological polar surface area (TPSA) is 26.3 Å². The maximum atomic E-state index is 10.8. The molecule has 0 aliphatic carbocycles. The number of esters is 1. The van der Waals surface area contributed by atoms with E-state index in [-0.39, 0.29) is 37.9 Å². The van der Waals surface area contributed by atoms with Gasteiger partial charge in [0.15, 0.2) is 0 Å². The van der Waals surface area contributed by atoms with Crippen LogP contribution in [-0.2, 0) is 24.2 Å². The van der Waals surface area contributed by atoms with Crippen molar-refractivity contribution in [1.82, 2.24) is 0 Å². The number of hydrogen-bond donors (Lipinski definition) is 0. The van der Waals surface area contributed by atoms with E-state index in [0.29, 0.717) is 5.56 Å². The van der Waals surface area contributed by atoms with Crippen LogP contribution in [0.15, 0.2) is 24.3 Å². The number of carbonyl (C=O) groups excluding carboxylic acids is 1. The van der Waals surface area contributed by atoms with Crippen LogP contribution in [0, 0.1) is 6.07 Å². The second kappa shape index (κ2) is 7.26. The van der Waals surface area contributed by atoms with Gasteiger partial charge in [-0.3, -0.25) is 0 Å². The molecular weight excluding hydrogens is 229 g/mol. The molecule has 0 saturated heterocycles. The predicted octanol–water partition coefficient (Wildman–Crippen LogP) is -1.73. The molecule has 0 saturated carbocycles. The predicted molar refractivity (Wildman–Crippen MR) is 36.6 cm³/mol. The molecule has 0 N–H and O–H groups in total. The summed E-state index contributed by atoms with van der Waals surface area (Å²) in [6.45, 7) is 0. The van der Waals surface area contributed by atoms with E-state index in [9.17, 15) is 4.79 Å². The number of rotatable bonds is 1. The fourth-order valence-electron chi connectivity index (χ4n) is 0.630. The fraction of sp³-hybridized carbons (Fsp3) is 0.125. The zero-order valence-electron chi connectivity index (χ0n) is 6.71. The van der Waals surface area contributed by atoms with Crippen LogP contribution < -0.4 is 12.4 Å². The minimum atomic E-state index is -0.347. The first-order valence-corrected chi connectivity index (χ1v) is 2.89. The first kappa shape index (κ1) is 14.1. The molecule has 1 rings (SSSR count). The zero-order valence-corrected chi connectivity index (χ0v) is 10.4. The van der Waals surface area contributed by atoms with E-state index in [0.717, 1.165) is 0 Å².